The second kappa shape index (κ2) is 10.5. The van der Waals surface area contributed by atoms with Gasteiger partial charge < -0.3 is 9.64 Å². The third-order valence-corrected chi connectivity index (χ3v) is 4.94. The van der Waals surface area contributed by atoms with Crippen LogP contribution in [0, 0.1) is 11.3 Å². The number of hydrogen-bond acceptors (Lipinski definition) is 5. The lowest BCUT2D eigenvalue weighted by Gasteiger charge is -2.23. The van der Waals surface area contributed by atoms with Gasteiger partial charge in [0.2, 0.25) is 0 Å². The monoisotopic (exact) mass is 442 g/mol. The third-order valence-electron chi connectivity index (χ3n) is 4.31. The Hall–Kier alpha value is -2.85. The van der Waals surface area contributed by atoms with Gasteiger partial charge in [-0.2, -0.15) is 10.4 Å². The zero-order valence-electron chi connectivity index (χ0n) is 16.1. The molecule has 28 heavy (non-hydrogen) atoms. The number of ether oxygens (including phenoxy) is 1. The van der Waals surface area contributed by atoms with E-state index in [2.05, 4.69) is 45.2 Å². The van der Waals surface area contributed by atoms with E-state index in [1.54, 1.807) is 31.4 Å². The molecule has 0 spiro atoms. The van der Waals surface area contributed by atoms with Crippen molar-refractivity contribution < 1.29 is 9.53 Å². The third kappa shape index (κ3) is 5.11. The molecule has 0 radical (unpaired) electrons. The van der Waals surface area contributed by atoms with Gasteiger partial charge in [-0.25, -0.2) is 5.43 Å². The number of benzene rings is 2. The van der Waals surface area contributed by atoms with E-state index in [-0.39, 0.29) is 0 Å². The van der Waals surface area contributed by atoms with Gasteiger partial charge in [-0.1, -0.05) is 30.3 Å². The normalized spacial score (nSPS) is 11.7. The largest absolute Gasteiger partial charge is 0.496 e. The Morgan fingerprint density at radius 1 is 1.32 bits per heavy atom. The molecule has 1 amide bonds. The number of nitrogens with zero attached hydrogens (tertiary/aromatic N) is 3. The minimum atomic E-state index is -0.919. The number of anilines is 1. The minimum Gasteiger partial charge on any atom is -0.496 e. The van der Waals surface area contributed by atoms with Crippen molar-refractivity contribution in [3.63, 3.8) is 0 Å². The molecule has 2 rings (SSSR count). The van der Waals surface area contributed by atoms with Crippen molar-refractivity contribution in [1.82, 2.24) is 5.43 Å². The molecule has 0 aromatic heterocycles. The average molecular weight is 443 g/mol. The van der Waals surface area contributed by atoms with E-state index < -0.39 is 11.8 Å². The summed E-state index contributed by atoms with van der Waals surface area (Å²) in [5.41, 5.74) is 4.80. The molecule has 1 atom stereocenters. The van der Waals surface area contributed by atoms with Crippen molar-refractivity contribution in [3.05, 3.63) is 58.1 Å². The highest BCUT2D eigenvalue weighted by molar-refractivity contribution is 9.10. The fourth-order valence-corrected chi connectivity index (χ4v) is 3.41. The molecular formula is C21H23BrN4O2. The van der Waals surface area contributed by atoms with Gasteiger partial charge in [0.15, 0.2) is 5.92 Å². The molecule has 2 aromatic rings. The first kappa shape index (κ1) is 21.5. The number of carbonyl (C=O) groups excluding carboxylic acids is 1. The van der Waals surface area contributed by atoms with Gasteiger partial charge in [0.05, 0.1) is 25.1 Å². The topological polar surface area (TPSA) is 77.7 Å². The fraction of sp³-hybridized carbons (Fsp3) is 0.286. The van der Waals surface area contributed by atoms with Gasteiger partial charge in [-0.3, -0.25) is 4.79 Å². The summed E-state index contributed by atoms with van der Waals surface area (Å²) in [5.74, 6) is -0.761. The number of carbonyl (C=O) groups is 1. The highest BCUT2D eigenvalue weighted by Gasteiger charge is 2.19. The van der Waals surface area contributed by atoms with Crippen LogP contribution in [-0.4, -0.2) is 32.3 Å². The lowest BCUT2D eigenvalue weighted by molar-refractivity contribution is -0.121. The van der Waals surface area contributed by atoms with Crippen molar-refractivity contribution in [2.45, 2.75) is 19.8 Å². The molecule has 2 aromatic carbocycles. The van der Waals surface area contributed by atoms with E-state index in [0.29, 0.717) is 16.9 Å². The first-order valence-corrected chi connectivity index (χ1v) is 9.74. The van der Waals surface area contributed by atoms with Crippen LogP contribution >= 0.6 is 15.9 Å². The van der Waals surface area contributed by atoms with Crippen LogP contribution in [0.15, 0.2) is 52.0 Å². The SMILES string of the molecule is CCN(CC)c1cc(OC)c(/C=N\NC(=O)[C@H](C#N)c2ccccc2)cc1Br. The Kier molecular flexibility index (Phi) is 8.02. The minimum absolute atomic E-state index is 0.484. The number of amides is 1. The summed E-state index contributed by atoms with van der Waals surface area (Å²) < 4.78 is 6.38. The lowest BCUT2D eigenvalue weighted by Crippen LogP contribution is -2.24. The van der Waals surface area contributed by atoms with Crippen LogP contribution in [0.3, 0.4) is 0 Å². The molecular weight excluding hydrogens is 420 g/mol. The first-order valence-electron chi connectivity index (χ1n) is 8.95. The van der Waals surface area contributed by atoms with Crippen molar-refractivity contribution >= 4 is 33.7 Å². The summed E-state index contributed by atoms with van der Waals surface area (Å²) in [4.78, 5) is 14.5. The number of hydrazone groups is 1. The molecule has 0 saturated heterocycles. The van der Waals surface area contributed by atoms with Gasteiger partial charge in [-0.05, 0) is 41.4 Å². The van der Waals surface area contributed by atoms with Crippen LogP contribution in [0.25, 0.3) is 0 Å². The van der Waals surface area contributed by atoms with E-state index in [4.69, 9.17) is 4.74 Å². The smallest absolute Gasteiger partial charge is 0.261 e. The molecule has 0 fully saturated rings. The number of halogens is 1. The quantitative estimate of drug-likeness (QED) is 0.493. The van der Waals surface area contributed by atoms with Gasteiger partial charge in [0.1, 0.15) is 5.75 Å². The highest BCUT2D eigenvalue weighted by Crippen LogP contribution is 2.33. The van der Waals surface area contributed by atoms with Crippen LogP contribution in [0.2, 0.25) is 0 Å². The predicted molar refractivity (Wildman–Crippen MR) is 115 cm³/mol. The Labute approximate surface area is 173 Å². The van der Waals surface area contributed by atoms with Gasteiger partial charge in [0.25, 0.3) is 5.91 Å². The van der Waals surface area contributed by atoms with Crippen LogP contribution in [0.1, 0.15) is 30.9 Å². The Bertz CT molecular complexity index is 874. The molecule has 0 saturated carbocycles. The second-order valence-electron chi connectivity index (χ2n) is 5.92. The number of rotatable bonds is 8. The standard InChI is InChI=1S/C21H23BrN4O2/c1-4-26(5-2)19-12-20(28-3)16(11-18(19)22)14-24-25-21(27)17(13-23)15-9-7-6-8-10-15/h6-12,14,17H,4-5H2,1-3H3,(H,25,27)/b24-14-/t17-/m1/s1. The van der Waals surface area contributed by atoms with E-state index in [0.717, 1.165) is 23.2 Å². The number of nitrogens with one attached hydrogen (secondary N) is 1. The second-order valence-corrected chi connectivity index (χ2v) is 6.78. The summed E-state index contributed by atoms with van der Waals surface area (Å²) in [6.07, 6.45) is 1.51. The van der Waals surface area contributed by atoms with Crippen molar-refractivity contribution in [2.75, 3.05) is 25.1 Å². The summed E-state index contributed by atoms with van der Waals surface area (Å²) in [6.45, 7) is 5.92. The van der Waals surface area contributed by atoms with E-state index in [1.807, 2.05) is 24.3 Å². The highest BCUT2D eigenvalue weighted by atomic mass is 79.9. The molecule has 6 nitrogen and oxygen atoms in total. The van der Waals surface area contributed by atoms with Crippen LogP contribution in [-0.2, 0) is 4.79 Å². The summed E-state index contributed by atoms with van der Waals surface area (Å²) >= 11 is 3.59. The Morgan fingerprint density at radius 3 is 2.57 bits per heavy atom. The van der Waals surface area contributed by atoms with Crippen LogP contribution in [0.5, 0.6) is 5.75 Å². The molecule has 146 valence electrons. The molecule has 0 aliphatic rings. The molecule has 0 aliphatic heterocycles. The average Bonchev–Trinajstić information content (AvgIpc) is 2.71. The van der Waals surface area contributed by atoms with Gasteiger partial charge in [-0.15, -0.1) is 0 Å². The van der Waals surface area contributed by atoms with Crippen molar-refractivity contribution in [1.29, 1.82) is 5.26 Å². The maximum atomic E-state index is 12.3. The number of hydrogen-bond donors (Lipinski definition) is 1. The Morgan fingerprint density at radius 2 is 2.00 bits per heavy atom. The summed E-state index contributed by atoms with van der Waals surface area (Å²) in [7, 11) is 1.59. The first-order chi connectivity index (χ1) is 13.5. The van der Waals surface area contributed by atoms with Gasteiger partial charge >= 0.3 is 0 Å². The summed E-state index contributed by atoms with van der Waals surface area (Å²) in [5, 5.41) is 13.3. The van der Waals surface area contributed by atoms with E-state index in [9.17, 15) is 10.1 Å². The number of methoxy groups -OCH3 is 1. The summed E-state index contributed by atoms with van der Waals surface area (Å²) in [6, 6.07) is 14.7. The van der Waals surface area contributed by atoms with Crippen molar-refractivity contribution in [3.8, 4) is 11.8 Å². The number of nitriles is 1. The zero-order valence-corrected chi connectivity index (χ0v) is 17.7. The molecule has 0 aliphatic carbocycles. The van der Waals surface area contributed by atoms with Crippen LogP contribution in [0.4, 0.5) is 5.69 Å². The molecule has 0 unspecified atom stereocenters. The maximum Gasteiger partial charge on any atom is 0.261 e. The maximum absolute atomic E-state index is 12.3. The van der Waals surface area contributed by atoms with E-state index in [1.165, 1.54) is 6.21 Å². The fourth-order valence-electron chi connectivity index (χ4n) is 2.80. The van der Waals surface area contributed by atoms with Crippen molar-refractivity contribution in [2.24, 2.45) is 5.10 Å². The molecule has 1 N–H and O–H groups in total. The lowest BCUT2D eigenvalue weighted by atomic mass is 10.0. The Balaban J connectivity index is 2.18. The predicted octanol–water partition coefficient (Wildman–Crippen LogP) is 4.06. The van der Waals surface area contributed by atoms with E-state index >= 15 is 0 Å². The molecule has 0 bridgehead atoms. The zero-order chi connectivity index (χ0) is 20.5. The molecule has 0 heterocycles. The van der Waals surface area contributed by atoms with Crippen LogP contribution < -0.4 is 15.1 Å². The van der Waals surface area contributed by atoms with Gasteiger partial charge in [0, 0.05) is 29.2 Å². The molecule has 7 heteroatoms.